The van der Waals surface area contributed by atoms with Crippen molar-refractivity contribution in [3.8, 4) is 0 Å². The van der Waals surface area contributed by atoms with Gasteiger partial charge >= 0.3 is 0 Å². The highest BCUT2D eigenvalue weighted by Gasteiger charge is 2.01. The number of aryl methyl sites for hydroxylation is 1. The van der Waals surface area contributed by atoms with Gasteiger partial charge in [0.15, 0.2) is 0 Å². The van der Waals surface area contributed by atoms with Crippen LogP contribution in [0.1, 0.15) is 18.9 Å². The molecule has 2 aromatic rings. The Labute approximate surface area is 121 Å². The lowest BCUT2D eigenvalue weighted by molar-refractivity contribution is 0.966. The fourth-order valence-electron chi connectivity index (χ4n) is 1.57. The monoisotopic (exact) mass is 320 g/mol. The molecule has 4 nitrogen and oxygen atoms in total. The van der Waals surface area contributed by atoms with Gasteiger partial charge in [0.2, 0.25) is 5.95 Å². The topological polar surface area (TPSA) is 49.8 Å². The molecule has 100 valence electrons. The van der Waals surface area contributed by atoms with Gasteiger partial charge in [-0.2, -0.15) is 4.98 Å². The highest BCUT2D eigenvalue weighted by atomic mass is 79.9. The summed E-state index contributed by atoms with van der Waals surface area (Å²) in [7, 11) is 0. The maximum absolute atomic E-state index is 4.41. The minimum Gasteiger partial charge on any atom is -0.370 e. The molecule has 5 heteroatoms. The van der Waals surface area contributed by atoms with Gasteiger partial charge in [0, 0.05) is 22.9 Å². The van der Waals surface area contributed by atoms with E-state index in [1.54, 1.807) is 6.20 Å². The molecule has 0 amide bonds. The molecule has 0 radical (unpaired) electrons. The summed E-state index contributed by atoms with van der Waals surface area (Å²) in [5.74, 6) is 1.43. The molecule has 2 rings (SSSR count). The van der Waals surface area contributed by atoms with E-state index >= 15 is 0 Å². The van der Waals surface area contributed by atoms with Gasteiger partial charge in [-0.05, 0) is 37.1 Å². The molecule has 0 saturated carbocycles. The van der Waals surface area contributed by atoms with Crippen LogP contribution in [0.5, 0.6) is 0 Å². The van der Waals surface area contributed by atoms with Crippen LogP contribution in [0.15, 0.2) is 34.9 Å². The minimum atomic E-state index is 0.594. The largest absolute Gasteiger partial charge is 0.370 e. The summed E-state index contributed by atoms with van der Waals surface area (Å²) in [4.78, 5) is 8.63. The second kappa shape index (κ2) is 6.52. The van der Waals surface area contributed by atoms with Gasteiger partial charge in [0.05, 0.1) is 0 Å². The van der Waals surface area contributed by atoms with Crippen molar-refractivity contribution >= 4 is 33.4 Å². The molecule has 0 aliphatic rings. The van der Waals surface area contributed by atoms with Gasteiger partial charge in [-0.3, -0.25) is 0 Å². The Bertz CT molecular complexity index is 557. The molecule has 19 heavy (non-hydrogen) atoms. The lowest BCUT2D eigenvalue weighted by Crippen LogP contribution is -2.04. The van der Waals surface area contributed by atoms with Crippen molar-refractivity contribution in [3.05, 3.63) is 40.5 Å². The molecule has 1 heterocycles. The first kappa shape index (κ1) is 13.8. The highest BCUT2D eigenvalue weighted by molar-refractivity contribution is 9.10. The van der Waals surface area contributed by atoms with Crippen LogP contribution >= 0.6 is 15.9 Å². The van der Waals surface area contributed by atoms with Gasteiger partial charge in [-0.1, -0.05) is 28.9 Å². The molecule has 1 aromatic heterocycles. The van der Waals surface area contributed by atoms with Crippen molar-refractivity contribution in [2.75, 3.05) is 17.2 Å². The maximum Gasteiger partial charge on any atom is 0.229 e. The summed E-state index contributed by atoms with van der Waals surface area (Å²) in [6, 6.07) is 7.94. The van der Waals surface area contributed by atoms with E-state index in [0.29, 0.717) is 5.95 Å². The molecule has 0 saturated heterocycles. The predicted octanol–water partition coefficient (Wildman–Crippen LogP) is 4.11. The second-order valence-corrected chi connectivity index (χ2v) is 5.14. The third-order valence-electron chi connectivity index (χ3n) is 2.64. The summed E-state index contributed by atoms with van der Waals surface area (Å²) in [5.41, 5.74) is 2.16. The van der Waals surface area contributed by atoms with Crippen LogP contribution in [-0.4, -0.2) is 16.5 Å². The van der Waals surface area contributed by atoms with Crippen molar-refractivity contribution in [2.24, 2.45) is 0 Å². The number of hydrogen-bond donors (Lipinski definition) is 2. The van der Waals surface area contributed by atoms with E-state index in [1.165, 1.54) is 5.56 Å². The standard InChI is InChI=1S/C14H17BrN4/c1-3-7-16-13-6-8-17-14(19-13)18-11-5-4-10(2)12(15)9-11/h4-6,8-9H,3,7H2,1-2H3,(H2,16,17,18,19). The number of aromatic nitrogens is 2. The first-order chi connectivity index (χ1) is 9.19. The van der Waals surface area contributed by atoms with Crippen LogP contribution in [0.25, 0.3) is 0 Å². The molecular weight excluding hydrogens is 304 g/mol. The minimum absolute atomic E-state index is 0.594. The molecule has 0 spiro atoms. The van der Waals surface area contributed by atoms with Gasteiger partial charge in [0.1, 0.15) is 5.82 Å². The number of nitrogens with zero attached hydrogens (tertiary/aromatic N) is 2. The lowest BCUT2D eigenvalue weighted by Gasteiger charge is -2.08. The fourth-order valence-corrected chi connectivity index (χ4v) is 1.95. The molecular formula is C14H17BrN4. The highest BCUT2D eigenvalue weighted by Crippen LogP contribution is 2.22. The summed E-state index contributed by atoms with van der Waals surface area (Å²) in [6.45, 7) is 5.09. The number of anilines is 3. The number of rotatable bonds is 5. The number of hydrogen-bond acceptors (Lipinski definition) is 4. The molecule has 0 bridgehead atoms. The van der Waals surface area contributed by atoms with E-state index in [2.05, 4.69) is 50.4 Å². The van der Waals surface area contributed by atoms with Crippen LogP contribution in [0, 0.1) is 6.92 Å². The van der Waals surface area contributed by atoms with Gasteiger partial charge in [-0.15, -0.1) is 0 Å². The van der Waals surface area contributed by atoms with E-state index in [9.17, 15) is 0 Å². The maximum atomic E-state index is 4.41. The van der Waals surface area contributed by atoms with Crippen molar-refractivity contribution in [2.45, 2.75) is 20.3 Å². The average Bonchev–Trinajstić information content (AvgIpc) is 2.41. The summed E-state index contributed by atoms with van der Waals surface area (Å²) in [5, 5.41) is 6.44. The third kappa shape index (κ3) is 3.92. The van der Waals surface area contributed by atoms with Gasteiger partial charge < -0.3 is 10.6 Å². The first-order valence-electron chi connectivity index (χ1n) is 6.29. The Kier molecular flexibility index (Phi) is 4.74. The SMILES string of the molecule is CCCNc1ccnc(Nc2ccc(C)c(Br)c2)n1. The summed E-state index contributed by atoms with van der Waals surface area (Å²) >= 11 is 3.51. The fraction of sp³-hybridized carbons (Fsp3) is 0.286. The Morgan fingerprint density at radius 1 is 1.26 bits per heavy atom. The van der Waals surface area contributed by atoms with Crippen molar-refractivity contribution in [1.29, 1.82) is 0 Å². The zero-order valence-electron chi connectivity index (χ0n) is 11.1. The Morgan fingerprint density at radius 2 is 2.11 bits per heavy atom. The zero-order valence-corrected chi connectivity index (χ0v) is 12.7. The number of nitrogens with one attached hydrogen (secondary N) is 2. The quantitative estimate of drug-likeness (QED) is 0.870. The Morgan fingerprint density at radius 3 is 2.84 bits per heavy atom. The summed E-state index contributed by atoms with van der Waals surface area (Å²) < 4.78 is 1.07. The average molecular weight is 321 g/mol. The van der Waals surface area contributed by atoms with E-state index in [0.717, 1.165) is 28.9 Å². The van der Waals surface area contributed by atoms with E-state index < -0.39 is 0 Å². The molecule has 1 aromatic carbocycles. The molecule has 0 aliphatic carbocycles. The lowest BCUT2D eigenvalue weighted by atomic mass is 10.2. The van der Waals surface area contributed by atoms with Crippen molar-refractivity contribution in [3.63, 3.8) is 0 Å². The van der Waals surface area contributed by atoms with Crippen molar-refractivity contribution in [1.82, 2.24) is 9.97 Å². The predicted molar refractivity (Wildman–Crippen MR) is 83.0 cm³/mol. The zero-order chi connectivity index (χ0) is 13.7. The van der Waals surface area contributed by atoms with Crippen LogP contribution in [0.2, 0.25) is 0 Å². The van der Waals surface area contributed by atoms with Crippen molar-refractivity contribution < 1.29 is 0 Å². The smallest absolute Gasteiger partial charge is 0.229 e. The van der Waals surface area contributed by atoms with E-state index in [-0.39, 0.29) is 0 Å². The Hall–Kier alpha value is -1.62. The molecule has 0 unspecified atom stereocenters. The molecule has 2 N–H and O–H groups in total. The third-order valence-corrected chi connectivity index (χ3v) is 3.49. The van der Waals surface area contributed by atoms with Crippen LogP contribution < -0.4 is 10.6 Å². The van der Waals surface area contributed by atoms with Gasteiger partial charge in [0.25, 0.3) is 0 Å². The number of benzene rings is 1. The van der Waals surface area contributed by atoms with Crippen LogP contribution in [-0.2, 0) is 0 Å². The van der Waals surface area contributed by atoms with E-state index in [4.69, 9.17) is 0 Å². The molecule has 0 atom stereocenters. The van der Waals surface area contributed by atoms with Gasteiger partial charge in [-0.25, -0.2) is 4.98 Å². The normalized spacial score (nSPS) is 10.3. The number of halogens is 1. The van der Waals surface area contributed by atoms with Crippen LogP contribution in [0.4, 0.5) is 17.5 Å². The van der Waals surface area contributed by atoms with Crippen LogP contribution in [0.3, 0.4) is 0 Å². The molecule has 0 aliphatic heterocycles. The first-order valence-corrected chi connectivity index (χ1v) is 7.08. The summed E-state index contributed by atoms with van der Waals surface area (Å²) in [6.07, 6.45) is 2.81. The molecule has 0 fully saturated rings. The Balaban J connectivity index is 2.11. The second-order valence-electron chi connectivity index (χ2n) is 4.28. The van der Waals surface area contributed by atoms with E-state index in [1.807, 2.05) is 24.3 Å².